The van der Waals surface area contributed by atoms with E-state index >= 15 is 0 Å². The lowest BCUT2D eigenvalue weighted by Crippen LogP contribution is -2.44. The molecule has 64 valence electrons. The minimum absolute atomic E-state index is 0.0189. The van der Waals surface area contributed by atoms with E-state index in [-0.39, 0.29) is 11.8 Å². The summed E-state index contributed by atoms with van der Waals surface area (Å²) in [6.45, 7) is 0. The predicted octanol–water partition coefficient (Wildman–Crippen LogP) is 1.03. The Labute approximate surface area is 76.2 Å². The fraction of sp³-hybridized carbons (Fsp3) is 0.625. The van der Waals surface area contributed by atoms with E-state index in [2.05, 4.69) is 10.3 Å². The van der Waals surface area contributed by atoms with Crippen LogP contribution in [-0.4, -0.2) is 16.7 Å². The molecule has 4 heteroatoms. The highest BCUT2D eigenvalue weighted by molar-refractivity contribution is 7.80. The van der Waals surface area contributed by atoms with Gasteiger partial charge >= 0.3 is 0 Å². The van der Waals surface area contributed by atoms with Gasteiger partial charge in [-0.05, 0) is 31.5 Å². The Morgan fingerprint density at radius 2 is 2.33 bits per heavy atom. The van der Waals surface area contributed by atoms with Crippen LogP contribution in [0.2, 0.25) is 0 Å². The maximum absolute atomic E-state index is 11.4. The van der Waals surface area contributed by atoms with Crippen molar-refractivity contribution < 1.29 is 4.79 Å². The number of fused-ring (bicyclic) bond motifs is 1. The maximum Gasteiger partial charge on any atom is 0.234 e. The standard InChI is InChI=1S/C8H10N2OS/c11-7-5-3-1-2-4-6(5)9-8(12)10-7/h5H,1-4H2,(H,10,11,12). The second-order valence-electron chi connectivity index (χ2n) is 3.20. The number of aliphatic imine (C=N–C) groups is 1. The molecule has 1 N–H and O–H groups in total. The average molecular weight is 182 g/mol. The van der Waals surface area contributed by atoms with Gasteiger partial charge in [0.05, 0.1) is 5.92 Å². The lowest BCUT2D eigenvalue weighted by Gasteiger charge is -2.26. The molecule has 1 fully saturated rings. The fourth-order valence-electron chi connectivity index (χ4n) is 1.76. The Balaban J connectivity index is 2.28. The van der Waals surface area contributed by atoms with Crippen molar-refractivity contribution >= 4 is 28.9 Å². The van der Waals surface area contributed by atoms with Crippen LogP contribution in [0.4, 0.5) is 0 Å². The molecule has 0 spiro atoms. The molecule has 0 aromatic carbocycles. The smallest absolute Gasteiger partial charge is 0.234 e. The van der Waals surface area contributed by atoms with Gasteiger partial charge in [-0.15, -0.1) is 0 Å². The molecule has 1 atom stereocenters. The summed E-state index contributed by atoms with van der Waals surface area (Å²) in [7, 11) is 0. The Morgan fingerprint density at radius 1 is 1.50 bits per heavy atom. The number of nitrogens with one attached hydrogen (secondary N) is 1. The van der Waals surface area contributed by atoms with E-state index in [0.29, 0.717) is 5.11 Å². The summed E-state index contributed by atoms with van der Waals surface area (Å²) < 4.78 is 0. The van der Waals surface area contributed by atoms with Crippen LogP contribution in [-0.2, 0) is 4.79 Å². The van der Waals surface area contributed by atoms with Crippen molar-refractivity contribution in [2.24, 2.45) is 10.9 Å². The van der Waals surface area contributed by atoms with Gasteiger partial charge in [0.15, 0.2) is 5.11 Å². The van der Waals surface area contributed by atoms with Gasteiger partial charge in [0.25, 0.3) is 0 Å². The summed E-state index contributed by atoms with van der Waals surface area (Å²) in [6, 6.07) is 0. The van der Waals surface area contributed by atoms with E-state index in [4.69, 9.17) is 12.2 Å². The van der Waals surface area contributed by atoms with Crippen molar-refractivity contribution in [2.75, 3.05) is 0 Å². The average Bonchev–Trinajstić information content (AvgIpc) is 2.04. The van der Waals surface area contributed by atoms with E-state index in [1.807, 2.05) is 0 Å². The first-order valence-electron chi connectivity index (χ1n) is 4.19. The number of amides is 1. The first-order chi connectivity index (χ1) is 5.77. The first-order valence-corrected chi connectivity index (χ1v) is 4.60. The van der Waals surface area contributed by atoms with Gasteiger partial charge in [0.2, 0.25) is 5.91 Å². The Morgan fingerprint density at radius 3 is 3.17 bits per heavy atom. The second kappa shape index (κ2) is 2.94. The van der Waals surface area contributed by atoms with Crippen LogP contribution in [0.1, 0.15) is 25.7 Å². The zero-order valence-electron chi connectivity index (χ0n) is 6.67. The minimum atomic E-state index is 0.0189. The molecule has 0 saturated heterocycles. The molecule has 0 bridgehead atoms. The Kier molecular flexibility index (Phi) is 1.92. The van der Waals surface area contributed by atoms with Gasteiger partial charge in [-0.25, -0.2) is 4.99 Å². The maximum atomic E-state index is 11.4. The molecule has 1 aliphatic carbocycles. The second-order valence-corrected chi connectivity index (χ2v) is 3.58. The van der Waals surface area contributed by atoms with Crippen LogP contribution in [0, 0.1) is 5.92 Å². The molecule has 1 unspecified atom stereocenters. The summed E-state index contributed by atoms with van der Waals surface area (Å²) in [5.41, 5.74) is 0.995. The van der Waals surface area contributed by atoms with Crippen LogP contribution < -0.4 is 5.32 Å². The summed E-state index contributed by atoms with van der Waals surface area (Å²) >= 11 is 4.83. The van der Waals surface area contributed by atoms with E-state index in [1.54, 1.807) is 0 Å². The third-order valence-electron chi connectivity index (χ3n) is 2.37. The van der Waals surface area contributed by atoms with Crippen LogP contribution in [0.25, 0.3) is 0 Å². The first kappa shape index (κ1) is 7.86. The summed E-state index contributed by atoms with van der Waals surface area (Å²) in [5, 5.41) is 2.92. The topological polar surface area (TPSA) is 41.5 Å². The molecule has 1 amide bonds. The molecular weight excluding hydrogens is 172 g/mol. The Bertz CT molecular complexity index is 272. The number of rotatable bonds is 0. The normalized spacial score (nSPS) is 29.0. The molecule has 1 aliphatic heterocycles. The van der Waals surface area contributed by atoms with Gasteiger partial charge in [0, 0.05) is 5.71 Å². The Hall–Kier alpha value is -0.770. The SMILES string of the molecule is O=C1NC(=S)N=C2CCCCC12. The van der Waals surface area contributed by atoms with E-state index in [1.165, 1.54) is 0 Å². The van der Waals surface area contributed by atoms with Crippen molar-refractivity contribution in [3.8, 4) is 0 Å². The van der Waals surface area contributed by atoms with Crippen LogP contribution in [0.3, 0.4) is 0 Å². The number of hydrogen-bond acceptors (Lipinski definition) is 2. The quantitative estimate of drug-likeness (QED) is 0.568. The van der Waals surface area contributed by atoms with Crippen molar-refractivity contribution in [3.63, 3.8) is 0 Å². The van der Waals surface area contributed by atoms with Gasteiger partial charge in [0.1, 0.15) is 0 Å². The van der Waals surface area contributed by atoms with Gasteiger partial charge in [-0.3, -0.25) is 4.79 Å². The number of hydrogen-bond donors (Lipinski definition) is 1. The fourth-order valence-corrected chi connectivity index (χ4v) is 1.98. The zero-order chi connectivity index (χ0) is 8.55. The molecule has 1 saturated carbocycles. The molecule has 2 aliphatic rings. The van der Waals surface area contributed by atoms with Crippen molar-refractivity contribution in [2.45, 2.75) is 25.7 Å². The highest BCUT2D eigenvalue weighted by Crippen LogP contribution is 2.23. The molecule has 12 heavy (non-hydrogen) atoms. The number of nitrogens with zero attached hydrogens (tertiary/aromatic N) is 1. The largest absolute Gasteiger partial charge is 0.301 e. The molecule has 1 heterocycles. The number of carbonyl (C=O) groups is 1. The molecule has 0 radical (unpaired) electrons. The zero-order valence-corrected chi connectivity index (χ0v) is 7.49. The molecule has 3 nitrogen and oxygen atoms in total. The third-order valence-corrected chi connectivity index (χ3v) is 2.56. The van der Waals surface area contributed by atoms with Crippen molar-refractivity contribution in [1.29, 1.82) is 0 Å². The molecule has 0 aromatic heterocycles. The van der Waals surface area contributed by atoms with E-state index in [9.17, 15) is 4.79 Å². The highest BCUT2D eigenvalue weighted by Gasteiger charge is 2.30. The third kappa shape index (κ3) is 1.27. The van der Waals surface area contributed by atoms with Crippen molar-refractivity contribution in [1.82, 2.24) is 5.32 Å². The van der Waals surface area contributed by atoms with Crippen molar-refractivity contribution in [3.05, 3.63) is 0 Å². The molecule has 0 aromatic rings. The lowest BCUT2D eigenvalue weighted by atomic mass is 9.86. The van der Waals surface area contributed by atoms with Crippen LogP contribution in [0.5, 0.6) is 0 Å². The highest BCUT2D eigenvalue weighted by atomic mass is 32.1. The molecular formula is C8H10N2OS. The van der Waals surface area contributed by atoms with Crippen LogP contribution in [0.15, 0.2) is 4.99 Å². The van der Waals surface area contributed by atoms with Gasteiger partial charge < -0.3 is 5.32 Å². The van der Waals surface area contributed by atoms with Crippen LogP contribution >= 0.6 is 12.2 Å². The monoisotopic (exact) mass is 182 g/mol. The number of thiocarbonyl (C=S) groups is 1. The predicted molar refractivity (Wildman–Crippen MR) is 50.1 cm³/mol. The summed E-state index contributed by atoms with van der Waals surface area (Å²) in [6.07, 6.45) is 4.15. The summed E-state index contributed by atoms with van der Waals surface area (Å²) in [4.78, 5) is 15.5. The number of carbonyl (C=O) groups excluding carboxylic acids is 1. The summed E-state index contributed by atoms with van der Waals surface area (Å²) in [5.74, 6) is 0.0650. The van der Waals surface area contributed by atoms with E-state index < -0.39 is 0 Å². The van der Waals surface area contributed by atoms with Gasteiger partial charge in [-0.2, -0.15) is 0 Å². The lowest BCUT2D eigenvalue weighted by molar-refractivity contribution is -0.122. The van der Waals surface area contributed by atoms with E-state index in [0.717, 1.165) is 31.4 Å². The van der Waals surface area contributed by atoms with Gasteiger partial charge in [-0.1, -0.05) is 6.42 Å². The molecule has 2 rings (SSSR count). The minimum Gasteiger partial charge on any atom is -0.301 e.